The van der Waals surface area contributed by atoms with Crippen molar-refractivity contribution < 1.29 is 14.3 Å². The monoisotopic (exact) mass is 488 g/mol. The highest BCUT2D eigenvalue weighted by Crippen LogP contribution is 2.27. The molecule has 2 aromatic carbocycles. The van der Waals surface area contributed by atoms with E-state index < -0.39 is 0 Å². The number of benzene rings is 2. The zero-order chi connectivity index (χ0) is 26.1. The minimum atomic E-state index is -0.288. The summed E-state index contributed by atoms with van der Waals surface area (Å²) in [5, 5.41) is 7.79. The van der Waals surface area contributed by atoms with Crippen LogP contribution < -0.4 is 5.32 Å². The van der Waals surface area contributed by atoms with Crippen molar-refractivity contribution in [3.8, 4) is 5.69 Å². The number of para-hydroxylation sites is 1. The lowest BCUT2D eigenvalue weighted by Gasteiger charge is -2.21. The summed E-state index contributed by atoms with van der Waals surface area (Å²) in [6.45, 7) is 9.08. The van der Waals surface area contributed by atoms with E-state index in [-0.39, 0.29) is 23.8 Å². The van der Waals surface area contributed by atoms with E-state index in [2.05, 4.69) is 26.1 Å². The van der Waals surface area contributed by atoms with Crippen molar-refractivity contribution in [2.45, 2.75) is 39.5 Å². The van der Waals surface area contributed by atoms with Gasteiger partial charge in [0, 0.05) is 37.8 Å². The van der Waals surface area contributed by atoms with Gasteiger partial charge in [-0.25, -0.2) is 4.68 Å². The summed E-state index contributed by atoms with van der Waals surface area (Å²) in [5.41, 5.74) is 3.52. The summed E-state index contributed by atoms with van der Waals surface area (Å²) in [7, 11) is 1.62. The number of anilines is 1. The van der Waals surface area contributed by atoms with Crippen molar-refractivity contribution in [2.75, 3.05) is 32.1 Å². The molecule has 3 aromatic rings. The zero-order valence-electron chi connectivity index (χ0n) is 21.8. The molecule has 0 radical (unpaired) electrons. The van der Waals surface area contributed by atoms with Crippen molar-refractivity contribution in [1.82, 2.24) is 14.7 Å². The average molecular weight is 489 g/mol. The number of aromatic nitrogens is 2. The number of carbonyl (C=O) groups excluding carboxylic acids is 2. The molecule has 190 valence electrons. The standard InChI is InChI=1S/C29H36N4O3/c1-22-12-9-10-15-24(22)33-26(20-25(31-33)29(2,3)4)30-27(34)21-32(18-11-19-36-5)28(35)17-16-23-13-7-6-8-14-23/h6-10,12-17,20H,11,18-19,21H2,1-5H3,(H,30,34)/b17-16+. The third kappa shape index (κ3) is 7.39. The van der Waals surface area contributed by atoms with Crippen molar-refractivity contribution in [3.63, 3.8) is 0 Å². The van der Waals surface area contributed by atoms with E-state index in [4.69, 9.17) is 9.84 Å². The van der Waals surface area contributed by atoms with Gasteiger partial charge in [0.2, 0.25) is 11.8 Å². The van der Waals surface area contributed by atoms with Gasteiger partial charge in [0.15, 0.2) is 0 Å². The minimum absolute atomic E-state index is 0.0779. The number of aryl methyl sites for hydroxylation is 1. The van der Waals surface area contributed by atoms with Gasteiger partial charge in [0.05, 0.1) is 11.4 Å². The summed E-state index contributed by atoms with van der Waals surface area (Å²) in [5.74, 6) is 0.0558. The van der Waals surface area contributed by atoms with E-state index in [0.717, 1.165) is 22.5 Å². The number of hydrogen-bond acceptors (Lipinski definition) is 4. The molecule has 0 unspecified atom stereocenters. The SMILES string of the molecule is COCCCN(CC(=O)Nc1cc(C(C)(C)C)nn1-c1ccccc1C)C(=O)/C=C/c1ccccc1. The Morgan fingerprint density at radius 2 is 1.78 bits per heavy atom. The number of rotatable bonds is 10. The molecular weight excluding hydrogens is 452 g/mol. The summed E-state index contributed by atoms with van der Waals surface area (Å²) in [4.78, 5) is 27.7. The van der Waals surface area contributed by atoms with Crippen LogP contribution in [0.3, 0.4) is 0 Å². The Bertz CT molecular complexity index is 1190. The van der Waals surface area contributed by atoms with Crippen LogP contribution in [-0.4, -0.2) is 53.3 Å². The second-order valence-electron chi connectivity index (χ2n) is 9.76. The number of nitrogens with one attached hydrogen (secondary N) is 1. The van der Waals surface area contributed by atoms with Crippen LogP contribution in [-0.2, 0) is 19.7 Å². The Kier molecular flexibility index (Phi) is 9.19. The second kappa shape index (κ2) is 12.3. The van der Waals surface area contributed by atoms with Crippen molar-refractivity contribution in [2.24, 2.45) is 0 Å². The van der Waals surface area contributed by atoms with Gasteiger partial charge < -0.3 is 15.0 Å². The maximum Gasteiger partial charge on any atom is 0.247 e. The predicted molar refractivity (Wildman–Crippen MR) is 144 cm³/mol. The molecule has 0 aliphatic heterocycles. The molecule has 1 heterocycles. The van der Waals surface area contributed by atoms with E-state index in [1.54, 1.807) is 17.9 Å². The van der Waals surface area contributed by atoms with Crippen LogP contribution in [0.2, 0.25) is 0 Å². The first kappa shape index (κ1) is 26.9. The quantitative estimate of drug-likeness (QED) is 0.322. The van der Waals surface area contributed by atoms with E-state index in [9.17, 15) is 9.59 Å². The normalized spacial score (nSPS) is 11.6. The zero-order valence-corrected chi connectivity index (χ0v) is 21.8. The molecule has 36 heavy (non-hydrogen) atoms. The molecule has 0 spiro atoms. The third-order valence-electron chi connectivity index (χ3n) is 5.73. The molecule has 0 atom stereocenters. The first-order chi connectivity index (χ1) is 17.2. The van der Waals surface area contributed by atoms with Crippen LogP contribution in [0.5, 0.6) is 0 Å². The Balaban J connectivity index is 1.81. The number of amides is 2. The van der Waals surface area contributed by atoms with Gasteiger partial charge in [-0.2, -0.15) is 5.10 Å². The van der Waals surface area contributed by atoms with Gasteiger partial charge >= 0.3 is 0 Å². The van der Waals surface area contributed by atoms with E-state index in [1.165, 1.54) is 11.0 Å². The average Bonchev–Trinajstić information content (AvgIpc) is 3.27. The molecule has 0 saturated carbocycles. The molecule has 2 amide bonds. The van der Waals surface area contributed by atoms with Crippen molar-refractivity contribution >= 4 is 23.7 Å². The van der Waals surface area contributed by atoms with Crippen molar-refractivity contribution in [3.05, 3.63) is 83.6 Å². The summed E-state index contributed by atoms with van der Waals surface area (Å²) in [6.07, 6.45) is 3.89. The smallest absolute Gasteiger partial charge is 0.247 e. The van der Waals surface area contributed by atoms with Gasteiger partial charge in [-0.15, -0.1) is 0 Å². The van der Waals surface area contributed by atoms with Gasteiger partial charge in [0.25, 0.3) is 0 Å². The van der Waals surface area contributed by atoms with Gasteiger partial charge in [-0.05, 0) is 36.6 Å². The Labute approximate surface area is 213 Å². The molecule has 0 fully saturated rings. The lowest BCUT2D eigenvalue weighted by molar-refractivity contribution is -0.130. The fourth-order valence-electron chi connectivity index (χ4n) is 3.68. The first-order valence-corrected chi connectivity index (χ1v) is 12.2. The highest BCUT2D eigenvalue weighted by Gasteiger charge is 2.23. The number of carbonyl (C=O) groups is 2. The third-order valence-corrected chi connectivity index (χ3v) is 5.73. The first-order valence-electron chi connectivity index (χ1n) is 12.2. The lowest BCUT2D eigenvalue weighted by Crippen LogP contribution is -2.38. The number of methoxy groups -OCH3 is 1. The molecule has 7 nitrogen and oxygen atoms in total. The largest absolute Gasteiger partial charge is 0.385 e. The highest BCUT2D eigenvalue weighted by atomic mass is 16.5. The number of nitrogens with zero attached hydrogens (tertiary/aromatic N) is 3. The van der Waals surface area contributed by atoms with Gasteiger partial charge in [-0.3, -0.25) is 9.59 Å². The van der Waals surface area contributed by atoms with Gasteiger partial charge in [0.1, 0.15) is 12.4 Å². The Hall–Kier alpha value is -3.71. The number of hydrogen-bond donors (Lipinski definition) is 1. The predicted octanol–water partition coefficient (Wildman–Crippen LogP) is 5.00. The van der Waals surface area contributed by atoms with Crippen LogP contribution in [0.1, 0.15) is 44.0 Å². The molecular formula is C29H36N4O3. The Morgan fingerprint density at radius 1 is 1.08 bits per heavy atom. The van der Waals surface area contributed by atoms with Gasteiger partial charge in [-0.1, -0.05) is 69.3 Å². The lowest BCUT2D eigenvalue weighted by atomic mass is 9.92. The molecule has 0 aliphatic rings. The van der Waals surface area contributed by atoms with Crippen LogP contribution >= 0.6 is 0 Å². The molecule has 3 rings (SSSR count). The van der Waals surface area contributed by atoms with E-state index in [0.29, 0.717) is 25.4 Å². The summed E-state index contributed by atoms with van der Waals surface area (Å²) in [6, 6.07) is 19.4. The molecule has 0 aliphatic carbocycles. The van der Waals surface area contributed by atoms with Crippen LogP contribution in [0.25, 0.3) is 11.8 Å². The minimum Gasteiger partial charge on any atom is -0.385 e. The molecule has 7 heteroatoms. The maximum absolute atomic E-state index is 13.2. The second-order valence-corrected chi connectivity index (χ2v) is 9.76. The number of ether oxygens (including phenoxy) is 1. The summed E-state index contributed by atoms with van der Waals surface area (Å²) < 4.78 is 6.91. The molecule has 0 saturated heterocycles. The fourth-order valence-corrected chi connectivity index (χ4v) is 3.68. The highest BCUT2D eigenvalue weighted by molar-refractivity contribution is 5.97. The molecule has 1 N–H and O–H groups in total. The van der Waals surface area contributed by atoms with Crippen LogP contribution in [0.4, 0.5) is 5.82 Å². The molecule has 1 aromatic heterocycles. The van der Waals surface area contributed by atoms with E-state index >= 15 is 0 Å². The van der Waals surface area contributed by atoms with Crippen molar-refractivity contribution in [1.29, 1.82) is 0 Å². The fraction of sp³-hybridized carbons (Fsp3) is 0.345. The van der Waals surface area contributed by atoms with Crippen LogP contribution in [0, 0.1) is 6.92 Å². The summed E-state index contributed by atoms with van der Waals surface area (Å²) >= 11 is 0. The Morgan fingerprint density at radius 3 is 2.44 bits per heavy atom. The molecule has 0 bridgehead atoms. The maximum atomic E-state index is 13.2. The topological polar surface area (TPSA) is 76.5 Å². The van der Waals surface area contributed by atoms with Crippen LogP contribution in [0.15, 0.2) is 66.7 Å². The van der Waals surface area contributed by atoms with E-state index in [1.807, 2.05) is 67.6 Å².